The average molecular weight is 459 g/mol. The number of hydrogen-bond donors (Lipinski definition) is 2. The molecule has 9 nitrogen and oxygen atoms in total. The molecule has 2 unspecified atom stereocenters. The van der Waals surface area contributed by atoms with Crippen LogP contribution in [0.1, 0.15) is 17.7 Å². The van der Waals surface area contributed by atoms with E-state index in [-0.39, 0.29) is 18.4 Å². The summed E-state index contributed by atoms with van der Waals surface area (Å²) in [5.41, 5.74) is 4.79. The van der Waals surface area contributed by atoms with Crippen molar-refractivity contribution >= 4 is 23.0 Å². The van der Waals surface area contributed by atoms with Crippen molar-refractivity contribution < 1.29 is 14.6 Å². The van der Waals surface area contributed by atoms with Crippen LogP contribution in [-0.2, 0) is 17.8 Å². The largest absolute Gasteiger partial charge is 0.489 e. The van der Waals surface area contributed by atoms with Gasteiger partial charge in [0.25, 0.3) is 0 Å². The fraction of sp³-hybridized carbons (Fsp3) is 0.500. The Hall–Kier alpha value is -2.62. The van der Waals surface area contributed by atoms with Crippen LogP contribution in [0.4, 0.5) is 0 Å². The number of aliphatic hydroxyl groups excluding tert-OH is 1. The minimum Gasteiger partial charge on any atom is -0.489 e. The summed E-state index contributed by atoms with van der Waals surface area (Å²) in [4.78, 5) is 13.5. The molecule has 1 fully saturated rings. The van der Waals surface area contributed by atoms with Crippen LogP contribution in [0.3, 0.4) is 0 Å². The number of nitrogens with zero attached hydrogens (tertiary/aromatic N) is 5. The summed E-state index contributed by atoms with van der Waals surface area (Å²) >= 11 is 6.38. The maximum atomic E-state index is 11.8. The van der Waals surface area contributed by atoms with Gasteiger partial charge in [0.1, 0.15) is 17.9 Å². The standard InChI is InChI=1S/C22H27ClN6O3/c1-13-17-3-4-24-5-6-28(17)26-21(13)15-7-19(22-16(23)9-25-29(22)11-15)32-12-18(30)14-8-20(31)27(2)10-14/h7,9,11,14,18,24,30H,3-6,8,10,12H2,1-2H3. The fourth-order valence-corrected chi connectivity index (χ4v) is 4.86. The van der Waals surface area contributed by atoms with Gasteiger partial charge in [0.15, 0.2) is 0 Å². The lowest BCUT2D eigenvalue weighted by molar-refractivity contribution is -0.126. The second-order valence-corrected chi connectivity index (χ2v) is 9.05. The summed E-state index contributed by atoms with van der Waals surface area (Å²) in [5, 5.41) is 23.7. The normalized spacial score (nSPS) is 19.9. The predicted octanol–water partition coefficient (Wildman–Crippen LogP) is 1.52. The molecule has 2 N–H and O–H groups in total. The minimum atomic E-state index is -0.757. The van der Waals surface area contributed by atoms with Gasteiger partial charge >= 0.3 is 0 Å². The average Bonchev–Trinajstić information content (AvgIpc) is 3.35. The van der Waals surface area contributed by atoms with Crippen LogP contribution < -0.4 is 10.1 Å². The molecule has 2 aliphatic heterocycles. The van der Waals surface area contributed by atoms with Crippen LogP contribution in [-0.4, -0.2) is 74.7 Å². The van der Waals surface area contributed by atoms with Crippen molar-refractivity contribution in [3.05, 3.63) is 34.7 Å². The second-order valence-electron chi connectivity index (χ2n) is 8.64. The Kier molecular flexibility index (Phi) is 5.56. The van der Waals surface area contributed by atoms with Crippen molar-refractivity contribution in [2.75, 3.05) is 33.3 Å². The van der Waals surface area contributed by atoms with Gasteiger partial charge in [0, 0.05) is 62.9 Å². The number of carbonyl (C=O) groups excluding carboxylic acids is 1. The van der Waals surface area contributed by atoms with Gasteiger partial charge in [0.05, 0.1) is 29.6 Å². The van der Waals surface area contributed by atoms with Crippen molar-refractivity contribution in [3.8, 4) is 17.0 Å². The first-order valence-corrected chi connectivity index (χ1v) is 11.3. The number of hydrogen-bond acceptors (Lipinski definition) is 6. The Labute approximate surface area is 190 Å². The van der Waals surface area contributed by atoms with E-state index in [2.05, 4.69) is 22.0 Å². The van der Waals surface area contributed by atoms with E-state index in [1.807, 2.05) is 12.3 Å². The number of carbonyl (C=O) groups is 1. The lowest BCUT2D eigenvalue weighted by Crippen LogP contribution is -2.29. The van der Waals surface area contributed by atoms with E-state index in [1.165, 1.54) is 5.69 Å². The number of ether oxygens (including phenoxy) is 1. The molecule has 3 aromatic rings. The third-order valence-corrected chi connectivity index (χ3v) is 6.77. The van der Waals surface area contributed by atoms with Crippen LogP contribution in [0.2, 0.25) is 5.02 Å². The first kappa shape index (κ1) is 21.2. The highest BCUT2D eigenvalue weighted by atomic mass is 35.5. The minimum absolute atomic E-state index is 0.0440. The molecule has 0 aliphatic carbocycles. The van der Waals surface area contributed by atoms with Gasteiger partial charge in [-0.25, -0.2) is 4.52 Å². The molecular weight excluding hydrogens is 432 g/mol. The Balaban J connectivity index is 1.46. The van der Waals surface area contributed by atoms with Crippen molar-refractivity contribution in [1.29, 1.82) is 0 Å². The third kappa shape index (κ3) is 3.74. The Morgan fingerprint density at radius 2 is 2.25 bits per heavy atom. The molecule has 32 heavy (non-hydrogen) atoms. The van der Waals surface area contributed by atoms with E-state index >= 15 is 0 Å². The highest BCUT2D eigenvalue weighted by Gasteiger charge is 2.32. The summed E-state index contributed by atoms with van der Waals surface area (Å²) < 4.78 is 9.82. The fourth-order valence-electron chi connectivity index (χ4n) is 4.63. The lowest BCUT2D eigenvalue weighted by Gasteiger charge is -2.19. The molecule has 5 rings (SSSR count). The molecule has 0 spiro atoms. The Bertz CT molecular complexity index is 1170. The molecule has 3 aromatic heterocycles. The number of pyridine rings is 1. The van der Waals surface area contributed by atoms with E-state index in [0.717, 1.165) is 42.9 Å². The number of halogens is 1. The monoisotopic (exact) mass is 458 g/mol. The quantitative estimate of drug-likeness (QED) is 0.601. The number of aromatic nitrogens is 4. The molecule has 1 saturated heterocycles. The maximum Gasteiger partial charge on any atom is 0.222 e. The van der Waals surface area contributed by atoms with Crippen molar-refractivity contribution in [3.63, 3.8) is 0 Å². The molecular formula is C22H27ClN6O3. The summed E-state index contributed by atoms with van der Waals surface area (Å²) in [6, 6.07) is 1.91. The van der Waals surface area contributed by atoms with Gasteiger partial charge < -0.3 is 20.1 Å². The summed E-state index contributed by atoms with van der Waals surface area (Å²) in [6.45, 7) is 5.35. The third-order valence-electron chi connectivity index (χ3n) is 6.49. The van der Waals surface area contributed by atoms with Crippen LogP contribution in [0.5, 0.6) is 5.75 Å². The van der Waals surface area contributed by atoms with E-state index < -0.39 is 6.10 Å². The summed E-state index contributed by atoms with van der Waals surface area (Å²) in [5.74, 6) is 0.431. The van der Waals surface area contributed by atoms with Gasteiger partial charge in [-0.15, -0.1) is 0 Å². The summed E-state index contributed by atoms with van der Waals surface area (Å²) in [6.07, 6.45) is 3.99. The number of likely N-dealkylation sites (tertiary alicyclic amines) is 1. The smallest absolute Gasteiger partial charge is 0.222 e. The SMILES string of the molecule is Cc1c(-c2cc(OCC(O)C3CC(=O)N(C)C3)c3c(Cl)cnn3c2)nn2c1CCNCC2. The molecule has 0 bridgehead atoms. The predicted molar refractivity (Wildman–Crippen MR) is 120 cm³/mol. The lowest BCUT2D eigenvalue weighted by atomic mass is 10.0. The van der Waals surface area contributed by atoms with Crippen molar-refractivity contribution in [1.82, 2.24) is 29.6 Å². The van der Waals surface area contributed by atoms with E-state index in [1.54, 1.807) is 22.7 Å². The molecule has 0 aromatic carbocycles. The number of aliphatic hydroxyl groups is 1. The number of rotatable bonds is 5. The number of fused-ring (bicyclic) bond motifs is 2. The molecule has 2 aliphatic rings. The topological polar surface area (TPSA) is 96.9 Å². The molecule has 1 amide bonds. The van der Waals surface area contributed by atoms with Crippen LogP contribution in [0.25, 0.3) is 16.8 Å². The number of nitrogens with one attached hydrogen (secondary N) is 1. The molecule has 2 atom stereocenters. The van der Waals surface area contributed by atoms with Gasteiger partial charge in [-0.3, -0.25) is 9.48 Å². The Morgan fingerprint density at radius 3 is 3.03 bits per heavy atom. The first-order chi connectivity index (χ1) is 15.4. The summed E-state index contributed by atoms with van der Waals surface area (Å²) in [7, 11) is 1.75. The van der Waals surface area contributed by atoms with Gasteiger partial charge in [0.2, 0.25) is 5.91 Å². The Morgan fingerprint density at radius 1 is 1.41 bits per heavy atom. The second kappa shape index (κ2) is 8.38. The van der Waals surface area contributed by atoms with Crippen LogP contribution in [0, 0.1) is 12.8 Å². The van der Waals surface area contributed by atoms with E-state index in [4.69, 9.17) is 21.4 Å². The van der Waals surface area contributed by atoms with Crippen LogP contribution >= 0.6 is 11.6 Å². The van der Waals surface area contributed by atoms with Gasteiger partial charge in [-0.05, 0) is 18.6 Å². The van der Waals surface area contributed by atoms with E-state index in [9.17, 15) is 9.90 Å². The zero-order chi connectivity index (χ0) is 22.4. The van der Waals surface area contributed by atoms with Crippen LogP contribution in [0.15, 0.2) is 18.5 Å². The first-order valence-electron chi connectivity index (χ1n) is 10.9. The van der Waals surface area contributed by atoms with Gasteiger partial charge in [-0.1, -0.05) is 11.6 Å². The zero-order valence-corrected chi connectivity index (χ0v) is 19.0. The van der Waals surface area contributed by atoms with E-state index in [0.29, 0.717) is 29.3 Å². The maximum absolute atomic E-state index is 11.8. The molecule has 5 heterocycles. The van der Waals surface area contributed by atoms with Crippen molar-refractivity contribution in [2.24, 2.45) is 5.92 Å². The molecule has 10 heteroatoms. The molecule has 0 saturated carbocycles. The molecule has 0 radical (unpaired) electrons. The van der Waals surface area contributed by atoms with Crippen molar-refractivity contribution in [2.45, 2.75) is 32.4 Å². The zero-order valence-electron chi connectivity index (χ0n) is 18.2. The highest BCUT2D eigenvalue weighted by molar-refractivity contribution is 6.34. The molecule has 170 valence electrons. The number of amides is 1. The highest BCUT2D eigenvalue weighted by Crippen LogP contribution is 2.34. The van der Waals surface area contributed by atoms with Gasteiger partial charge in [-0.2, -0.15) is 10.2 Å².